The van der Waals surface area contributed by atoms with Crippen LogP contribution in [0.2, 0.25) is 0 Å². The summed E-state index contributed by atoms with van der Waals surface area (Å²) in [6, 6.07) is 3.41. The number of amides is 1. The van der Waals surface area contributed by atoms with E-state index < -0.39 is 27.8 Å². The molecule has 1 aliphatic rings. The molecule has 0 spiro atoms. The van der Waals surface area contributed by atoms with Crippen LogP contribution < -0.4 is 5.32 Å². The van der Waals surface area contributed by atoms with E-state index in [1.807, 2.05) is 0 Å². The summed E-state index contributed by atoms with van der Waals surface area (Å²) in [5.41, 5.74) is -0.168. The van der Waals surface area contributed by atoms with Crippen LogP contribution in [-0.2, 0) is 24.1 Å². The molecule has 1 aromatic rings. The van der Waals surface area contributed by atoms with Gasteiger partial charge in [0, 0.05) is 11.9 Å². The molecule has 1 aromatic carbocycles. The molecule has 0 bridgehead atoms. The molecule has 0 aromatic heterocycles. The van der Waals surface area contributed by atoms with Crippen molar-refractivity contribution in [1.82, 2.24) is 0 Å². The molecular weight excluding hydrogens is 314 g/mol. The SMILES string of the molecule is CS(=O)(=O)c1cc(NC(=O)C2COCCO2)cc(C(=O)O)c1. The normalized spacial score (nSPS) is 18.7. The number of benzene rings is 1. The molecule has 1 unspecified atom stereocenters. The van der Waals surface area contributed by atoms with Crippen LogP contribution >= 0.6 is 0 Å². The first-order valence-electron chi connectivity index (χ1n) is 6.36. The van der Waals surface area contributed by atoms with Gasteiger partial charge >= 0.3 is 5.97 Å². The fraction of sp³-hybridized carbons (Fsp3) is 0.385. The third-order valence-corrected chi connectivity index (χ3v) is 4.05. The van der Waals surface area contributed by atoms with Gasteiger partial charge in [-0.3, -0.25) is 4.79 Å². The molecular formula is C13H15NO7S. The number of hydrogen-bond acceptors (Lipinski definition) is 6. The van der Waals surface area contributed by atoms with Crippen molar-refractivity contribution >= 4 is 27.4 Å². The molecule has 1 fully saturated rings. The fourth-order valence-corrected chi connectivity index (χ4v) is 2.55. The largest absolute Gasteiger partial charge is 0.478 e. The maximum atomic E-state index is 12.0. The van der Waals surface area contributed by atoms with E-state index in [1.165, 1.54) is 12.1 Å². The van der Waals surface area contributed by atoms with E-state index in [9.17, 15) is 18.0 Å². The molecule has 1 aliphatic heterocycles. The molecule has 2 rings (SSSR count). The number of carbonyl (C=O) groups excluding carboxylic acids is 1. The average Bonchev–Trinajstić information content (AvgIpc) is 2.46. The first-order valence-corrected chi connectivity index (χ1v) is 8.25. The van der Waals surface area contributed by atoms with Gasteiger partial charge in [0.15, 0.2) is 15.9 Å². The van der Waals surface area contributed by atoms with Gasteiger partial charge in [-0.1, -0.05) is 0 Å². The molecule has 1 atom stereocenters. The van der Waals surface area contributed by atoms with E-state index >= 15 is 0 Å². The Hall–Kier alpha value is -1.97. The number of nitrogens with one attached hydrogen (secondary N) is 1. The number of carboxylic acid groups (broad SMARTS) is 1. The van der Waals surface area contributed by atoms with E-state index in [4.69, 9.17) is 14.6 Å². The molecule has 2 N–H and O–H groups in total. The second-order valence-corrected chi connectivity index (χ2v) is 6.76. The Labute approximate surface area is 126 Å². The number of ether oxygens (including phenoxy) is 2. The second kappa shape index (κ2) is 6.42. The summed E-state index contributed by atoms with van der Waals surface area (Å²) < 4.78 is 33.5. The Balaban J connectivity index is 2.27. The lowest BCUT2D eigenvalue weighted by atomic mass is 10.2. The predicted molar refractivity (Wildman–Crippen MR) is 75.7 cm³/mol. The van der Waals surface area contributed by atoms with Gasteiger partial charge in [-0.25, -0.2) is 13.2 Å². The van der Waals surface area contributed by atoms with Crippen molar-refractivity contribution < 1.29 is 32.6 Å². The lowest BCUT2D eigenvalue weighted by molar-refractivity contribution is -0.142. The molecule has 1 heterocycles. The minimum Gasteiger partial charge on any atom is -0.478 e. The maximum Gasteiger partial charge on any atom is 0.335 e. The first kappa shape index (κ1) is 16.4. The second-order valence-electron chi connectivity index (χ2n) is 4.75. The van der Waals surface area contributed by atoms with Crippen molar-refractivity contribution in [3.8, 4) is 0 Å². The Bertz CT molecular complexity index is 692. The van der Waals surface area contributed by atoms with Gasteiger partial charge in [-0.05, 0) is 18.2 Å². The number of carboxylic acids is 1. The zero-order chi connectivity index (χ0) is 16.3. The number of sulfone groups is 1. The zero-order valence-electron chi connectivity index (χ0n) is 11.7. The van der Waals surface area contributed by atoms with Crippen LogP contribution in [0, 0.1) is 0 Å². The van der Waals surface area contributed by atoms with Gasteiger partial charge in [-0.2, -0.15) is 0 Å². The molecule has 8 nitrogen and oxygen atoms in total. The van der Waals surface area contributed by atoms with Crippen molar-refractivity contribution in [3.05, 3.63) is 23.8 Å². The lowest BCUT2D eigenvalue weighted by Gasteiger charge is -2.22. The van der Waals surface area contributed by atoms with E-state index in [0.29, 0.717) is 6.61 Å². The molecule has 0 saturated carbocycles. The van der Waals surface area contributed by atoms with Crippen LogP contribution in [0.1, 0.15) is 10.4 Å². The van der Waals surface area contributed by atoms with Gasteiger partial charge in [0.25, 0.3) is 5.91 Å². The van der Waals surface area contributed by atoms with Crippen LogP contribution in [0.25, 0.3) is 0 Å². The Morgan fingerprint density at radius 2 is 2.00 bits per heavy atom. The van der Waals surface area contributed by atoms with Crippen LogP contribution in [0.5, 0.6) is 0 Å². The predicted octanol–water partition coefficient (Wildman–Crippen LogP) is 0.142. The summed E-state index contributed by atoms with van der Waals surface area (Å²) in [4.78, 5) is 22.9. The van der Waals surface area contributed by atoms with Gasteiger partial charge in [-0.15, -0.1) is 0 Å². The van der Waals surface area contributed by atoms with Crippen LogP contribution in [0.3, 0.4) is 0 Å². The molecule has 0 aliphatic carbocycles. The lowest BCUT2D eigenvalue weighted by Crippen LogP contribution is -2.39. The van der Waals surface area contributed by atoms with E-state index in [-0.39, 0.29) is 29.4 Å². The third-order valence-electron chi connectivity index (χ3n) is 2.96. The molecule has 9 heteroatoms. The highest BCUT2D eigenvalue weighted by Crippen LogP contribution is 2.20. The summed E-state index contributed by atoms with van der Waals surface area (Å²) in [6.07, 6.45) is 0.140. The highest BCUT2D eigenvalue weighted by molar-refractivity contribution is 7.90. The number of anilines is 1. The summed E-state index contributed by atoms with van der Waals surface area (Å²) >= 11 is 0. The standard InChI is InChI=1S/C13H15NO7S/c1-22(18,19)10-5-8(13(16)17)4-9(6-10)14-12(15)11-7-20-2-3-21-11/h4-6,11H,2-3,7H2,1H3,(H,14,15)(H,16,17). The Morgan fingerprint density at radius 3 is 2.55 bits per heavy atom. The maximum absolute atomic E-state index is 12.0. The van der Waals surface area contributed by atoms with Crippen LogP contribution in [-0.4, -0.2) is 57.6 Å². The monoisotopic (exact) mass is 329 g/mol. The molecule has 0 radical (unpaired) electrons. The highest BCUT2D eigenvalue weighted by Gasteiger charge is 2.23. The van der Waals surface area contributed by atoms with Crippen molar-refractivity contribution in [2.75, 3.05) is 31.4 Å². The minimum absolute atomic E-state index is 0.0690. The van der Waals surface area contributed by atoms with E-state index in [2.05, 4.69) is 5.32 Å². The highest BCUT2D eigenvalue weighted by atomic mass is 32.2. The molecule has 22 heavy (non-hydrogen) atoms. The zero-order valence-corrected chi connectivity index (χ0v) is 12.6. The Morgan fingerprint density at radius 1 is 1.27 bits per heavy atom. The third kappa shape index (κ3) is 4.03. The van der Waals surface area contributed by atoms with E-state index in [1.54, 1.807) is 0 Å². The summed E-state index contributed by atoms with van der Waals surface area (Å²) in [5, 5.41) is 11.5. The number of carbonyl (C=O) groups is 2. The smallest absolute Gasteiger partial charge is 0.335 e. The van der Waals surface area contributed by atoms with E-state index in [0.717, 1.165) is 12.3 Å². The minimum atomic E-state index is -3.61. The first-order chi connectivity index (χ1) is 10.3. The van der Waals surface area contributed by atoms with Gasteiger partial charge < -0.3 is 19.9 Å². The van der Waals surface area contributed by atoms with Crippen LogP contribution in [0.15, 0.2) is 23.1 Å². The quantitative estimate of drug-likeness (QED) is 0.806. The van der Waals surface area contributed by atoms with Crippen molar-refractivity contribution in [1.29, 1.82) is 0 Å². The fourth-order valence-electron chi connectivity index (χ4n) is 1.87. The number of rotatable bonds is 4. The summed E-state index contributed by atoms with van der Waals surface area (Å²) in [5.74, 6) is -1.82. The van der Waals surface area contributed by atoms with Crippen molar-refractivity contribution in [3.63, 3.8) is 0 Å². The average molecular weight is 329 g/mol. The van der Waals surface area contributed by atoms with Crippen molar-refractivity contribution in [2.45, 2.75) is 11.0 Å². The molecule has 1 amide bonds. The summed E-state index contributed by atoms with van der Waals surface area (Å²) in [6.45, 7) is 0.766. The van der Waals surface area contributed by atoms with Gasteiger partial charge in [0.2, 0.25) is 0 Å². The molecule has 1 saturated heterocycles. The van der Waals surface area contributed by atoms with Crippen molar-refractivity contribution in [2.24, 2.45) is 0 Å². The number of hydrogen-bond donors (Lipinski definition) is 2. The molecule has 120 valence electrons. The topological polar surface area (TPSA) is 119 Å². The van der Waals surface area contributed by atoms with Gasteiger partial charge in [0.05, 0.1) is 30.3 Å². The number of aromatic carboxylic acids is 1. The van der Waals surface area contributed by atoms with Crippen LogP contribution in [0.4, 0.5) is 5.69 Å². The van der Waals surface area contributed by atoms with Gasteiger partial charge in [0.1, 0.15) is 0 Å². The summed E-state index contributed by atoms with van der Waals surface area (Å²) in [7, 11) is -3.61. The Kier molecular flexibility index (Phi) is 4.79.